The number of carbonyl (C=O) groups excluding carboxylic acids is 1. The minimum absolute atomic E-state index is 0. The molecule has 6 heteroatoms. The van der Waals surface area contributed by atoms with E-state index in [-0.39, 0.29) is 24.4 Å². The Kier molecular flexibility index (Phi) is 5.71. The highest BCUT2D eigenvalue weighted by molar-refractivity contribution is 6.31. The van der Waals surface area contributed by atoms with Crippen LogP contribution >= 0.6 is 24.0 Å². The van der Waals surface area contributed by atoms with Crippen LogP contribution in [0.5, 0.6) is 0 Å². The highest BCUT2D eigenvalue weighted by Gasteiger charge is 2.30. The summed E-state index contributed by atoms with van der Waals surface area (Å²) < 4.78 is 1.77. The third-order valence-corrected chi connectivity index (χ3v) is 3.91. The van der Waals surface area contributed by atoms with Gasteiger partial charge in [0.15, 0.2) is 0 Å². The molecular weight excluding hydrogens is 285 g/mol. The number of amides is 1. The molecule has 0 radical (unpaired) electrons. The van der Waals surface area contributed by atoms with Gasteiger partial charge < -0.3 is 15.2 Å². The predicted octanol–water partition coefficient (Wildman–Crippen LogP) is 2.30. The predicted molar refractivity (Wildman–Crippen MR) is 79.9 cm³/mol. The van der Waals surface area contributed by atoms with Crippen molar-refractivity contribution in [2.24, 2.45) is 18.7 Å². The Labute approximate surface area is 125 Å². The van der Waals surface area contributed by atoms with E-state index in [0.717, 1.165) is 19.4 Å². The van der Waals surface area contributed by atoms with Gasteiger partial charge in [0, 0.05) is 32.4 Å². The number of nitrogens with two attached hydrogens (primary N) is 1. The molecule has 4 nitrogen and oxygen atoms in total. The second-order valence-corrected chi connectivity index (χ2v) is 5.61. The monoisotopic (exact) mass is 305 g/mol. The number of carbonyl (C=O) groups is 1. The molecule has 2 N–H and O–H groups in total. The lowest BCUT2D eigenvalue weighted by molar-refractivity contribution is 0.0564. The second-order valence-electron chi connectivity index (χ2n) is 5.17. The van der Waals surface area contributed by atoms with Gasteiger partial charge in [-0.3, -0.25) is 4.79 Å². The average molecular weight is 306 g/mol. The van der Waals surface area contributed by atoms with Crippen molar-refractivity contribution in [1.29, 1.82) is 0 Å². The zero-order chi connectivity index (χ0) is 13.3. The highest BCUT2D eigenvalue weighted by atomic mass is 35.5. The number of rotatable bonds is 2. The summed E-state index contributed by atoms with van der Waals surface area (Å²) in [4.78, 5) is 14.4. The van der Waals surface area contributed by atoms with E-state index >= 15 is 0 Å². The molecule has 1 aromatic rings. The summed E-state index contributed by atoms with van der Waals surface area (Å²) in [5.74, 6) is 0.673. The molecule has 2 atom stereocenters. The van der Waals surface area contributed by atoms with Gasteiger partial charge >= 0.3 is 0 Å². The normalized spacial score (nSPS) is 23.1. The second kappa shape index (κ2) is 6.64. The zero-order valence-electron chi connectivity index (χ0n) is 11.3. The molecule has 2 rings (SSSR count). The van der Waals surface area contributed by atoms with Gasteiger partial charge in [0.25, 0.3) is 5.91 Å². The van der Waals surface area contributed by atoms with E-state index in [1.54, 1.807) is 16.8 Å². The topological polar surface area (TPSA) is 51.3 Å². The Hall–Kier alpha value is -0.710. The molecule has 1 aliphatic heterocycles. The smallest absolute Gasteiger partial charge is 0.270 e. The number of aromatic nitrogens is 1. The molecule has 2 heterocycles. The summed E-state index contributed by atoms with van der Waals surface area (Å²) in [5, 5.41) is 0.593. The van der Waals surface area contributed by atoms with Gasteiger partial charge in [-0.1, -0.05) is 18.5 Å². The van der Waals surface area contributed by atoms with Crippen LogP contribution in [0.25, 0.3) is 0 Å². The van der Waals surface area contributed by atoms with Crippen molar-refractivity contribution < 1.29 is 4.79 Å². The summed E-state index contributed by atoms with van der Waals surface area (Å²) in [6.45, 7) is 3.52. The zero-order valence-corrected chi connectivity index (χ0v) is 12.9. The summed E-state index contributed by atoms with van der Waals surface area (Å²) in [6, 6.07) is 1.87. The van der Waals surface area contributed by atoms with E-state index < -0.39 is 0 Å². The first-order valence-corrected chi connectivity index (χ1v) is 6.73. The molecule has 1 amide bonds. The fraction of sp³-hybridized carbons (Fsp3) is 0.615. The molecule has 1 saturated heterocycles. The summed E-state index contributed by atoms with van der Waals surface area (Å²) >= 11 is 5.93. The van der Waals surface area contributed by atoms with Crippen LogP contribution in [-0.4, -0.2) is 34.5 Å². The van der Waals surface area contributed by atoms with E-state index in [4.69, 9.17) is 17.3 Å². The fourth-order valence-corrected chi connectivity index (χ4v) is 2.88. The van der Waals surface area contributed by atoms with Gasteiger partial charge in [-0.15, -0.1) is 12.4 Å². The molecule has 0 bridgehead atoms. The summed E-state index contributed by atoms with van der Waals surface area (Å²) in [6.07, 6.45) is 3.78. The number of likely N-dealkylation sites (tertiary alicyclic amines) is 1. The van der Waals surface area contributed by atoms with Crippen molar-refractivity contribution in [1.82, 2.24) is 9.47 Å². The third-order valence-electron chi connectivity index (χ3n) is 3.70. The van der Waals surface area contributed by atoms with Gasteiger partial charge in [0.2, 0.25) is 0 Å². The van der Waals surface area contributed by atoms with Crippen LogP contribution in [-0.2, 0) is 7.05 Å². The van der Waals surface area contributed by atoms with E-state index in [2.05, 4.69) is 6.92 Å². The highest BCUT2D eigenvalue weighted by Crippen LogP contribution is 2.24. The molecule has 0 aromatic carbocycles. The number of piperidine rings is 1. The molecule has 2 unspecified atom stereocenters. The Balaban J connectivity index is 0.00000180. The molecule has 1 fully saturated rings. The fourth-order valence-electron chi connectivity index (χ4n) is 2.63. The standard InChI is InChI=1S/C13H20ClN3O.ClH/c1-9-3-4-17(11(5-9)7-15)13(18)12-6-10(14)8-16(12)2;/h6,8-9,11H,3-5,7,15H2,1-2H3;1H. The van der Waals surface area contributed by atoms with Gasteiger partial charge in [0.1, 0.15) is 5.69 Å². The van der Waals surface area contributed by atoms with Gasteiger partial charge in [0.05, 0.1) is 5.02 Å². The average Bonchev–Trinajstić information content (AvgIpc) is 2.67. The molecule has 0 saturated carbocycles. The Morgan fingerprint density at radius 1 is 1.58 bits per heavy atom. The third kappa shape index (κ3) is 3.44. The quantitative estimate of drug-likeness (QED) is 0.911. The number of halogens is 2. The molecule has 0 aliphatic carbocycles. The van der Waals surface area contributed by atoms with Gasteiger partial charge in [-0.25, -0.2) is 0 Å². The summed E-state index contributed by atoms with van der Waals surface area (Å²) in [7, 11) is 1.84. The molecule has 19 heavy (non-hydrogen) atoms. The molecule has 1 aromatic heterocycles. The van der Waals surface area contributed by atoms with E-state index in [1.165, 1.54) is 0 Å². The molecule has 1 aliphatic rings. The summed E-state index contributed by atoms with van der Waals surface area (Å²) in [5.41, 5.74) is 6.42. The van der Waals surface area contributed by atoms with Crippen LogP contribution in [0.1, 0.15) is 30.3 Å². The van der Waals surface area contributed by atoms with Crippen LogP contribution in [0.15, 0.2) is 12.3 Å². The van der Waals surface area contributed by atoms with E-state index in [9.17, 15) is 4.79 Å². The Morgan fingerprint density at radius 3 is 2.79 bits per heavy atom. The van der Waals surface area contributed by atoms with Crippen molar-refractivity contribution in [3.05, 3.63) is 23.0 Å². The van der Waals surface area contributed by atoms with Crippen molar-refractivity contribution in [2.75, 3.05) is 13.1 Å². The van der Waals surface area contributed by atoms with Crippen molar-refractivity contribution in [3.63, 3.8) is 0 Å². The minimum atomic E-state index is 0. The first kappa shape index (κ1) is 16.3. The number of hydrogen-bond donors (Lipinski definition) is 1. The maximum Gasteiger partial charge on any atom is 0.270 e. The number of aryl methyl sites for hydroxylation is 1. The van der Waals surface area contributed by atoms with Crippen molar-refractivity contribution >= 4 is 29.9 Å². The maximum absolute atomic E-state index is 12.5. The molecule has 108 valence electrons. The van der Waals surface area contributed by atoms with E-state index in [0.29, 0.717) is 23.2 Å². The maximum atomic E-state index is 12.5. The van der Waals surface area contributed by atoms with Gasteiger partial charge in [-0.2, -0.15) is 0 Å². The SMILES string of the molecule is CC1CCN(C(=O)c2cc(Cl)cn2C)C(CN)C1.Cl. The number of nitrogens with zero attached hydrogens (tertiary/aromatic N) is 2. The lowest BCUT2D eigenvalue weighted by atomic mass is 9.92. The van der Waals surface area contributed by atoms with Crippen LogP contribution in [0.4, 0.5) is 0 Å². The van der Waals surface area contributed by atoms with Crippen molar-refractivity contribution in [2.45, 2.75) is 25.8 Å². The van der Waals surface area contributed by atoms with Crippen LogP contribution < -0.4 is 5.73 Å². The first-order chi connectivity index (χ1) is 8.52. The minimum Gasteiger partial charge on any atom is -0.345 e. The lowest BCUT2D eigenvalue weighted by Gasteiger charge is -2.38. The van der Waals surface area contributed by atoms with Crippen LogP contribution in [0, 0.1) is 5.92 Å². The number of hydrogen-bond acceptors (Lipinski definition) is 2. The Bertz CT molecular complexity index is 447. The largest absolute Gasteiger partial charge is 0.345 e. The first-order valence-electron chi connectivity index (χ1n) is 6.35. The Morgan fingerprint density at radius 2 is 2.26 bits per heavy atom. The van der Waals surface area contributed by atoms with Crippen molar-refractivity contribution in [3.8, 4) is 0 Å². The van der Waals surface area contributed by atoms with Crippen LogP contribution in [0.2, 0.25) is 5.02 Å². The molecule has 0 spiro atoms. The lowest BCUT2D eigenvalue weighted by Crippen LogP contribution is -2.49. The van der Waals surface area contributed by atoms with E-state index in [1.807, 2.05) is 11.9 Å². The van der Waals surface area contributed by atoms with Crippen LogP contribution in [0.3, 0.4) is 0 Å². The van der Waals surface area contributed by atoms with Gasteiger partial charge in [-0.05, 0) is 24.8 Å². The molecular formula is C13H21Cl2N3O.